The van der Waals surface area contributed by atoms with Crippen molar-refractivity contribution in [2.24, 2.45) is 23.7 Å². The summed E-state index contributed by atoms with van der Waals surface area (Å²) in [5.41, 5.74) is 1.42. The first kappa shape index (κ1) is 35.3. The van der Waals surface area contributed by atoms with Gasteiger partial charge in [-0.25, -0.2) is 0 Å². The van der Waals surface area contributed by atoms with Crippen LogP contribution in [0.25, 0.3) is 9.75 Å². The molecule has 1 nitrogen and oxygen atoms in total. The molecule has 40 heavy (non-hydrogen) atoms. The third-order valence-corrected chi connectivity index (χ3v) is 30.2. The predicted octanol–water partition coefficient (Wildman–Crippen LogP) is 11.6. The van der Waals surface area contributed by atoms with Gasteiger partial charge in [0.05, 0.1) is 0 Å². The Morgan fingerprint density at radius 1 is 0.625 bits per heavy atom. The molecule has 228 valence electrons. The average molecular weight is 800 g/mol. The van der Waals surface area contributed by atoms with Gasteiger partial charge >= 0.3 is 268 Å². The summed E-state index contributed by atoms with van der Waals surface area (Å²) in [7, 11) is 0. The van der Waals surface area contributed by atoms with Crippen LogP contribution in [0, 0.1) is 23.7 Å². The molecule has 0 bridgehead atoms. The summed E-state index contributed by atoms with van der Waals surface area (Å²) in [6.45, 7) is 14.5. The van der Waals surface area contributed by atoms with E-state index in [2.05, 4.69) is 106 Å². The number of fused-ring (bicyclic) bond motifs is 3. The summed E-state index contributed by atoms with van der Waals surface area (Å²) in [6, 6.07) is 5.18. The Morgan fingerprint density at radius 3 is 1.52 bits per heavy atom. The molecule has 0 N–H and O–H groups in total. The Morgan fingerprint density at radius 2 is 1.07 bits per heavy atom. The molecule has 0 spiro atoms. The molecule has 3 rings (SSSR count). The van der Waals surface area contributed by atoms with E-state index in [-0.39, 0.29) is 5.60 Å². The molecule has 5 heteroatoms. The fourth-order valence-corrected chi connectivity index (χ4v) is 18.9. The quantitative estimate of drug-likeness (QED) is 0.154. The number of hydrogen-bond donors (Lipinski definition) is 0. The van der Waals surface area contributed by atoms with Crippen molar-refractivity contribution in [3.63, 3.8) is 0 Å². The molecule has 0 radical (unpaired) electrons. The fourth-order valence-electron chi connectivity index (χ4n) is 6.00. The second-order valence-corrected chi connectivity index (χ2v) is 49.1. The summed E-state index contributed by atoms with van der Waals surface area (Å²) in [5.74, 6) is 4.38. The van der Waals surface area contributed by atoms with Gasteiger partial charge in [0.1, 0.15) is 0 Å². The minimum absolute atomic E-state index is 0.154. The van der Waals surface area contributed by atoms with E-state index in [1.165, 1.54) is 74.8 Å². The zero-order valence-corrected chi connectivity index (χ0v) is 35.6. The molecule has 1 aliphatic rings. The SMILES string of the molecule is CC(C)CCCC(C)CCC1(CCC(C)CCCC(C)C)Oc2c[c]([Sn]([CH3])([CH3])[CH3])sc2-c2s[c]([Sn]([CH3])([CH3])[CH3])cc21. The summed E-state index contributed by atoms with van der Waals surface area (Å²) < 4.78 is 10.8. The molecule has 0 saturated heterocycles. The zero-order chi connectivity index (χ0) is 29.9. The molecule has 0 fully saturated rings. The van der Waals surface area contributed by atoms with Crippen molar-refractivity contribution >= 4 is 65.2 Å². The van der Waals surface area contributed by atoms with Crippen molar-refractivity contribution in [2.75, 3.05) is 0 Å². The van der Waals surface area contributed by atoms with Crippen molar-refractivity contribution in [1.29, 1.82) is 0 Å². The van der Waals surface area contributed by atoms with E-state index in [1.807, 2.05) is 0 Å². The maximum absolute atomic E-state index is 7.41. The van der Waals surface area contributed by atoms with Crippen LogP contribution in [0.1, 0.15) is 111 Å². The van der Waals surface area contributed by atoms with E-state index in [0.717, 1.165) is 23.7 Å². The summed E-state index contributed by atoms with van der Waals surface area (Å²) >= 11 is -0.200. The molecule has 0 saturated carbocycles. The molecule has 1 aliphatic heterocycles. The molecule has 2 aromatic heterocycles. The zero-order valence-electron chi connectivity index (χ0n) is 28.3. The van der Waals surface area contributed by atoms with E-state index in [4.69, 9.17) is 4.74 Å². The minimum atomic E-state index is -2.24. The Kier molecular flexibility index (Phi) is 13.0. The van der Waals surface area contributed by atoms with E-state index in [0.29, 0.717) is 0 Å². The molecule has 3 heterocycles. The van der Waals surface area contributed by atoms with Gasteiger partial charge < -0.3 is 0 Å². The second-order valence-electron chi connectivity index (χ2n) is 16.2. The number of ether oxygens (including phenoxy) is 1. The van der Waals surface area contributed by atoms with E-state index in [1.54, 1.807) is 16.2 Å². The Labute approximate surface area is 265 Å². The Bertz CT molecular complexity index is 1040. The van der Waals surface area contributed by atoms with Gasteiger partial charge in [-0.05, 0) is 0 Å². The number of thiophene rings is 2. The third kappa shape index (κ3) is 9.65. The van der Waals surface area contributed by atoms with Crippen LogP contribution in [-0.4, -0.2) is 36.8 Å². The first-order chi connectivity index (χ1) is 18.5. The maximum atomic E-state index is 7.41. The van der Waals surface area contributed by atoms with Crippen LogP contribution < -0.4 is 10.5 Å². The van der Waals surface area contributed by atoms with Gasteiger partial charge in [0.25, 0.3) is 0 Å². The Balaban J connectivity index is 1.97. The van der Waals surface area contributed by atoms with Gasteiger partial charge in [-0.2, -0.15) is 0 Å². The van der Waals surface area contributed by atoms with Crippen LogP contribution in [-0.2, 0) is 5.60 Å². The molecular weight excluding hydrogens is 738 g/mol. The number of hydrogen-bond acceptors (Lipinski definition) is 3. The summed E-state index contributed by atoms with van der Waals surface area (Å²) in [4.78, 5) is 18.5. The monoisotopic (exact) mass is 802 g/mol. The van der Waals surface area contributed by atoms with Crippen molar-refractivity contribution < 1.29 is 4.74 Å². The van der Waals surface area contributed by atoms with Gasteiger partial charge in [0.15, 0.2) is 0 Å². The van der Waals surface area contributed by atoms with Crippen LogP contribution in [0.3, 0.4) is 0 Å². The van der Waals surface area contributed by atoms with E-state index in [9.17, 15) is 0 Å². The average Bonchev–Trinajstić information content (AvgIpc) is 3.46. The van der Waals surface area contributed by atoms with Crippen LogP contribution in [0.2, 0.25) is 29.6 Å². The number of rotatable bonds is 16. The Hall–Kier alpha value is 0.797. The van der Waals surface area contributed by atoms with Gasteiger partial charge in [0.2, 0.25) is 0 Å². The first-order valence-corrected chi connectivity index (χ1v) is 38.1. The van der Waals surface area contributed by atoms with E-state index >= 15 is 0 Å². The second kappa shape index (κ2) is 14.7. The van der Waals surface area contributed by atoms with Gasteiger partial charge in [0, 0.05) is 0 Å². The first-order valence-electron chi connectivity index (χ1n) is 16.5. The molecule has 2 aromatic rings. The summed E-state index contributed by atoms with van der Waals surface area (Å²) in [5, 5.41) is 0. The van der Waals surface area contributed by atoms with Crippen molar-refractivity contribution in [3.05, 3.63) is 17.7 Å². The van der Waals surface area contributed by atoms with E-state index < -0.39 is 36.8 Å². The predicted molar refractivity (Wildman–Crippen MR) is 190 cm³/mol. The van der Waals surface area contributed by atoms with Crippen LogP contribution in [0.4, 0.5) is 0 Å². The summed E-state index contributed by atoms with van der Waals surface area (Å²) in [6.07, 6.45) is 13.0. The van der Waals surface area contributed by atoms with Crippen LogP contribution in [0.5, 0.6) is 5.75 Å². The molecule has 2 atom stereocenters. The van der Waals surface area contributed by atoms with Crippen LogP contribution >= 0.6 is 22.7 Å². The van der Waals surface area contributed by atoms with Gasteiger partial charge in [-0.15, -0.1) is 0 Å². The normalized spacial score (nSPS) is 19.1. The van der Waals surface area contributed by atoms with Crippen molar-refractivity contribution in [3.8, 4) is 15.5 Å². The van der Waals surface area contributed by atoms with Crippen molar-refractivity contribution in [2.45, 2.75) is 141 Å². The van der Waals surface area contributed by atoms with Crippen molar-refractivity contribution in [1.82, 2.24) is 0 Å². The standard InChI is InChI=1S/C29H44OS2.6CH3.2Sn/c1-21(2)9-7-11-23(5)13-17-29(18-14-24(6)12-8-10-22(3)4)25-15-19-31-27(25)28-26(30-29)16-20-32-28;;;;;;;;/h15-16,21-24H,7-14,17-18H2,1-6H3;6*1H3;;. The van der Waals surface area contributed by atoms with Gasteiger partial charge in [-0.3, -0.25) is 0 Å². The molecule has 2 unspecified atom stereocenters. The van der Waals surface area contributed by atoms with Crippen LogP contribution in [0.15, 0.2) is 12.1 Å². The van der Waals surface area contributed by atoms with Gasteiger partial charge in [-0.1, -0.05) is 0 Å². The molecule has 0 aromatic carbocycles. The topological polar surface area (TPSA) is 9.23 Å². The molecule has 0 amide bonds. The fraction of sp³-hybridized carbons (Fsp3) is 0.771. The molecule has 0 aliphatic carbocycles. The molecular formula is C35H62OS2Sn2. The third-order valence-electron chi connectivity index (χ3n) is 8.95.